The lowest BCUT2D eigenvalue weighted by atomic mass is 9.70. The third-order valence-corrected chi connectivity index (χ3v) is 9.46. The molecule has 7 nitrogen and oxygen atoms in total. The molecule has 3 fully saturated rings. The van der Waals surface area contributed by atoms with Gasteiger partial charge in [0.2, 0.25) is 17.7 Å². The van der Waals surface area contributed by atoms with Crippen molar-refractivity contribution in [2.45, 2.75) is 88.3 Å². The van der Waals surface area contributed by atoms with E-state index in [0.717, 1.165) is 38.5 Å². The number of rotatable bonds is 11. The first-order valence-electron chi connectivity index (χ1n) is 12.0. The zero-order valence-corrected chi connectivity index (χ0v) is 20.2. The van der Waals surface area contributed by atoms with Crippen molar-refractivity contribution in [2.75, 3.05) is 19.7 Å². The lowest BCUT2D eigenvalue weighted by Crippen LogP contribution is -2.57. The summed E-state index contributed by atoms with van der Waals surface area (Å²) in [5.41, 5.74) is 0. The molecule has 0 radical (unpaired) electrons. The monoisotopic (exact) mass is 453 g/mol. The number of nitrogens with one attached hydrogen (secondary N) is 2. The fourth-order valence-corrected chi connectivity index (χ4v) is 7.92. The molecule has 7 atom stereocenters. The second-order valence-electron chi connectivity index (χ2n) is 9.37. The van der Waals surface area contributed by atoms with Crippen LogP contribution in [0.25, 0.3) is 0 Å². The van der Waals surface area contributed by atoms with E-state index in [0.29, 0.717) is 13.1 Å². The van der Waals surface area contributed by atoms with Crippen LogP contribution >= 0.6 is 11.8 Å². The number of likely N-dealkylation sites (tertiary alicyclic amines) is 1. The first-order valence-corrected chi connectivity index (χ1v) is 12.9. The third kappa shape index (κ3) is 4.10. The average Bonchev–Trinajstić information content (AvgIpc) is 3.40. The van der Waals surface area contributed by atoms with E-state index in [-0.39, 0.29) is 35.5 Å². The molecule has 176 valence electrons. The highest BCUT2D eigenvalue weighted by Gasteiger charge is 2.74. The van der Waals surface area contributed by atoms with Gasteiger partial charge in [-0.05, 0) is 31.6 Å². The number of hydrogen-bond acceptors (Lipinski definition) is 5. The predicted octanol–water partition coefficient (Wildman–Crippen LogP) is 1.93. The molecule has 0 aromatic heterocycles. The van der Waals surface area contributed by atoms with Gasteiger partial charge in [-0.1, -0.05) is 40.5 Å². The van der Waals surface area contributed by atoms with Crippen LogP contribution in [0.4, 0.5) is 0 Å². The molecule has 2 bridgehead atoms. The number of nitrogens with zero attached hydrogens (tertiary/aromatic N) is 1. The summed E-state index contributed by atoms with van der Waals surface area (Å²) in [5, 5.41) is 16.4. The Morgan fingerprint density at radius 2 is 1.90 bits per heavy atom. The van der Waals surface area contributed by atoms with Gasteiger partial charge in [-0.2, -0.15) is 0 Å². The number of hydrogen-bond donors (Lipinski definition) is 3. The van der Waals surface area contributed by atoms with Gasteiger partial charge in [-0.15, -0.1) is 11.8 Å². The van der Waals surface area contributed by atoms with Gasteiger partial charge in [0.25, 0.3) is 0 Å². The van der Waals surface area contributed by atoms with E-state index < -0.39 is 28.7 Å². The number of carbonyl (C=O) groups excluding carboxylic acids is 3. The number of fused-ring (bicyclic) bond motifs is 1. The average molecular weight is 454 g/mol. The molecule has 0 aliphatic carbocycles. The Kier molecular flexibility index (Phi) is 7.95. The van der Waals surface area contributed by atoms with Crippen molar-refractivity contribution in [3.8, 4) is 0 Å². The van der Waals surface area contributed by atoms with Crippen molar-refractivity contribution in [2.24, 2.45) is 17.8 Å². The van der Waals surface area contributed by atoms with Crippen molar-refractivity contribution in [3.63, 3.8) is 0 Å². The number of aliphatic hydroxyl groups is 1. The maximum Gasteiger partial charge on any atom is 0.244 e. The molecule has 31 heavy (non-hydrogen) atoms. The summed E-state index contributed by atoms with van der Waals surface area (Å²) in [6, 6.07) is -1.05. The van der Waals surface area contributed by atoms with Gasteiger partial charge >= 0.3 is 0 Å². The molecule has 2 unspecified atom stereocenters. The Balaban J connectivity index is 1.98. The minimum atomic E-state index is -0.632. The van der Waals surface area contributed by atoms with E-state index in [1.54, 1.807) is 16.7 Å². The van der Waals surface area contributed by atoms with Crippen molar-refractivity contribution >= 4 is 29.5 Å². The Labute approximate surface area is 190 Å². The molecule has 0 aromatic carbocycles. The van der Waals surface area contributed by atoms with Crippen molar-refractivity contribution in [1.82, 2.24) is 15.5 Å². The topological polar surface area (TPSA) is 98.7 Å². The van der Waals surface area contributed by atoms with Crippen LogP contribution in [0.3, 0.4) is 0 Å². The molecule has 3 heterocycles. The lowest BCUT2D eigenvalue weighted by molar-refractivity contribution is -0.143. The van der Waals surface area contributed by atoms with E-state index in [1.807, 2.05) is 20.8 Å². The zero-order valence-electron chi connectivity index (χ0n) is 19.4. The maximum atomic E-state index is 13.9. The fourth-order valence-electron chi connectivity index (χ4n) is 5.71. The van der Waals surface area contributed by atoms with E-state index in [9.17, 15) is 19.5 Å². The van der Waals surface area contributed by atoms with Crippen LogP contribution in [0.1, 0.15) is 66.2 Å². The van der Waals surface area contributed by atoms with Gasteiger partial charge in [0.05, 0.1) is 29.2 Å². The molecule has 1 spiro atoms. The van der Waals surface area contributed by atoms with Gasteiger partial charge in [-0.3, -0.25) is 14.4 Å². The molecule has 0 saturated carbocycles. The number of aliphatic hydroxyl groups excluding tert-OH is 1. The Hall–Kier alpha value is -1.28. The van der Waals surface area contributed by atoms with Crippen LogP contribution < -0.4 is 10.6 Å². The summed E-state index contributed by atoms with van der Waals surface area (Å²) < 4.78 is -0.576. The minimum absolute atomic E-state index is 0.0599. The fraction of sp³-hybridized carbons (Fsp3) is 0.870. The molecule has 3 aliphatic heterocycles. The summed E-state index contributed by atoms with van der Waals surface area (Å²) in [4.78, 5) is 42.1. The molecular formula is C23H39N3O4S. The number of carbonyl (C=O) groups is 3. The first kappa shape index (κ1) is 24.4. The largest absolute Gasteiger partial charge is 0.394 e. The van der Waals surface area contributed by atoms with Gasteiger partial charge in [-0.25, -0.2) is 0 Å². The van der Waals surface area contributed by atoms with E-state index >= 15 is 0 Å². The standard InChI is InChI=1S/C23H39N3O4S/c1-5-8-12-25-21(29)19-23-10-9-16(31-23)17(20(28)24-11-6-2)18(23)22(30)26(19)15(13-27)14(4)7-3/h14-19,27H,5-13H2,1-4H3,(H,24,28)(H,25,29)/t14-,15-,16-,17+,18-,19?,23?/m0/s1. The summed E-state index contributed by atoms with van der Waals surface area (Å²) in [6.07, 6.45) is 5.11. The SMILES string of the molecule is CCCCNC(=O)C1N([C@@H](CO)[C@@H](C)CC)C(=O)[C@@H]2[C@H](C(=O)NCCC)[C@@H]3CCC12S3. The highest BCUT2D eigenvalue weighted by molar-refractivity contribution is 8.02. The minimum Gasteiger partial charge on any atom is -0.394 e. The van der Waals surface area contributed by atoms with Crippen molar-refractivity contribution in [1.29, 1.82) is 0 Å². The summed E-state index contributed by atoms with van der Waals surface area (Å²) >= 11 is 1.68. The Morgan fingerprint density at radius 3 is 2.52 bits per heavy atom. The normalized spacial score (nSPS) is 33.3. The van der Waals surface area contributed by atoms with Crippen LogP contribution in [-0.2, 0) is 14.4 Å². The molecule has 3 N–H and O–H groups in total. The quantitative estimate of drug-likeness (QED) is 0.415. The molecule has 8 heteroatoms. The van der Waals surface area contributed by atoms with Gasteiger partial charge < -0.3 is 20.6 Å². The molecule has 3 rings (SSSR count). The second kappa shape index (κ2) is 10.1. The molecule has 3 saturated heterocycles. The van der Waals surface area contributed by atoms with Crippen LogP contribution in [0.2, 0.25) is 0 Å². The van der Waals surface area contributed by atoms with Crippen molar-refractivity contribution in [3.05, 3.63) is 0 Å². The predicted molar refractivity (Wildman–Crippen MR) is 123 cm³/mol. The van der Waals surface area contributed by atoms with Crippen LogP contribution in [0.5, 0.6) is 0 Å². The van der Waals surface area contributed by atoms with Gasteiger partial charge in [0.15, 0.2) is 0 Å². The van der Waals surface area contributed by atoms with Crippen LogP contribution in [0, 0.1) is 17.8 Å². The summed E-state index contributed by atoms with van der Waals surface area (Å²) in [5.74, 6) is -1.15. The van der Waals surface area contributed by atoms with Crippen LogP contribution in [-0.4, -0.2) is 69.5 Å². The first-order chi connectivity index (χ1) is 14.9. The van der Waals surface area contributed by atoms with Crippen molar-refractivity contribution < 1.29 is 19.5 Å². The number of amides is 3. The molecule has 3 amide bonds. The molecular weight excluding hydrogens is 414 g/mol. The van der Waals surface area contributed by atoms with E-state index in [2.05, 4.69) is 17.6 Å². The summed E-state index contributed by atoms with van der Waals surface area (Å²) in [7, 11) is 0. The number of thioether (sulfide) groups is 1. The van der Waals surface area contributed by atoms with Gasteiger partial charge in [0, 0.05) is 18.3 Å². The maximum absolute atomic E-state index is 13.9. The zero-order chi connectivity index (χ0) is 22.8. The highest BCUT2D eigenvalue weighted by Crippen LogP contribution is 2.66. The lowest BCUT2D eigenvalue weighted by Gasteiger charge is -2.39. The third-order valence-electron chi connectivity index (χ3n) is 7.51. The van der Waals surface area contributed by atoms with E-state index in [1.165, 1.54) is 0 Å². The Bertz CT molecular complexity index is 690. The highest BCUT2D eigenvalue weighted by atomic mass is 32.2. The smallest absolute Gasteiger partial charge is 0.244 e. The molecule has 0 aromatic rings. The second-order valence-corrected chi connectivity index (χ2v) is 11.0. The Morgan fingerprint density at radius 1 is 1.19 bits per heavy atom. The summed E-state index contributed by atoms with van der Waals surface area (Å²) in [6.45, 7) is 9.13. The van der Waals surface area contributed by atoms with E-state index in [4.69, 9.17) is 0 Å². The number of unbranched alkanes of at least 4 members (excludes halogenated alkanes) is 1. The van der Waals surface area contributed by atoms with Crippen LogP contribution in [0.15, 0.2) is 0 Å². The van der Waals surface area contributed by atoms with Gasteiger partial charge in [0.1, 0.15) is 6.04 Å². The molecule has 3 aliphatic rings.